The molecule has 5 nitrogen and oxygen atoms in total. The van der Waals surface area contributed by atoms with Crippen molar-refractivity contribution >= 4 is 5.96 Å². The predicted molar refractivity (Wildman–Crippen MR) is 93.8 cm³/mol. The fourth-order valence-electron chi connectivity index (χ4n) is 1.92. The van der Waals surface area contributed by atoms with Crippen molar-refractivity contribution in [3.63, 3.8) is 0 Å². The SMILES string of the molecule is CN=C(NCc1ccc(Oc2ccc(F)cc2)nc1)NC(C)(C)C. The minimum Gasteiger partial charge on any atom is -0.439 e. The molecular weight excluding hydrogens is 307 g/mol. The van der Waals surface area contributed by atoms with Gasteiger partial charge >= 0.3 is 0 Å². The average molecular weight is 330 g/mol. The highest BCUT2D eigenvalue weighted by Crippen LogP contribution is 2.19. The summed E-state index contributed by atoms with van der Waals surface area (Å²) in [6.45, 7) is 6.81. The van der Waals surface area contributed by atoms with Gasteiger partial charge in [0.2, 0.25) is 5.88 Å². The van der Waals surface area contributed by atoms with Crippen LogP contribution in [0.15, 0.2) is 47.6 Å². The zero-order chi connectivity index (χ0) is 17.6. The lowest BCUT2D eigenvalue weighted by molar-refractivity contribution is 0.460. The van der Waals surface area contributed by atoms with Crippen molar-refractivity contribution in [1.29, 1.82) is 0 Å². The van der Waals surface area contributed by atoms with Gasteiger partial charge in [0, 0.05) is 31.4 Å². The van der Waals surface area contributed by atoms with Crippen LogP contribution in [0.3, 0.4) is 0 Å². The van der Waals surface area contributed by atoms with Gasteiger partial charge in [-0.15, -0.1) is 0 Å². The molecule has 0 amide bonds. The van der Waals surface area contributed by atoms with Gasteiger partial charge in [-0.2, -0.15) is 0 Å². The van der Waals surface area contributed by atoms with Gasteiger partial charge in [-0.25, -0.2) is 9.37 Å². The molecule has 24 heavy (non-hydrogen) atoms. The largest absolute Gasteiger partial charge is 0.439 e. The number of pyridine rings is 1. The first kappa shape index (κ1) is 17.7. The van der Waals surface area contributed by atoms with Gasteiger partial charge < -0.3 is 15.4 Å². The first-order valence-electron chi connectivity index (χ1n) is 7.73. The van der Waals surface area contributed by atoms with Gasteiger partial charge in [-0.3, -0.25) is 4.99 Å². The molecule has 1 aromatic heterocycles. The maximum absolute atomic E-state index is 12.9. The number of nitrogens with one attached hydrogen (secondary N) is 2. The highest BCUT2D eigenvalue weighted by atomic mass is 19.1. The second-order valence-corrected chi connectivity index (χ2v) is 6.36. The van der Waals surface area contributed by atoms with E-state index in [1.165, 1.54) is 12.1 Å². The van der Waals surface area contributed by atoms with Gasteiger partial charge in [0.05, 0.1) is 0 Å². The number of aromatic nitrogens is 1. The number of nitrogens with zero attached hydrogens (tertiary/aromatic N) is 2. The van der Waals surface area contributed by atoms with Crippen LogP contribution in [-0.4, -0.2) is 23.5 Å². The first-order chi connectivity index (χ1) is 11.4. The third-order valence-corrected chi connectivity index (χ3v) is 3.01. The van der Waals surface area contributed by atoms with Gasteiger partial charge in [0.1, 0.15) is 11.6 Å². The number of guanidine groups is 1. The van der Waals surface area contributed by atoms with E-state index in [0.29, 0.717) is 18.2 Å². The molecule has 2 N–H and O–H groups in total. The number of rotatable bonds is 4. The Labute approximate surface area is 142 Å². The van der Waals surface area contributed by atoms with Crippen LogP contribution in [0.25, 0.3) is 0 Å². The van der Waals surface area contributed by atoms with E-state index < -0.39 is 0 Å². The lowest BCUT2D eigenvalue weighted by Crippen LogP contribution is -2.47. The molecule has 2 aromatic rings. The molecule has 0 spiro atoms. The molecule has 0 bridgehead atoms. The molecule has 6 heteroatoms. The fourth-order valence-corrected chi connectivity index (χ4v) is 1.92. The maximum Gasteiger partial charge on any atom is 0.219 e. The standard InChI is InChI=1S/C18H23FN4O/c1-18(2,3)23-17(20-4)22-12-13-5-10-16(21-11-13)24-15-8-6-14(19)7-9-15/h5-11H,12H2,1-4H3,(H2,20,22,23). The summed E-state index contributed by atoms with van der Waals surface area (Å²) in [7, 11) is 1.74. The van der Waals surface area contributed by atoms with E-state index in [1.807, 2.05) is 6.07 Å². The normalized spacial score (nSPS) is 12.0. The predicted octanol–water partition coefficient (Wildman–Crippen LogP) is 3.48. The third kappa shape index (κ3) is 5.87. The molecule has 1 heterocycles. The second kappa shape index (κ2) is 7.77. The molecule has 0 fully saturated rings. The minimum atomic E-state index is -0.297. The fraction of sp³-hybridized carbons (Fsp3) is 0.333. The Morgan fingerprint density at radius 2 is 1.88 bits per heavy atom. The highest BCUT2D eigenvalue weighted by molar-refractivity contribution is 5.80. The molecule has 0 aliphatic heterocycles. The molecule has 1 aromatic carbocycles. The molecule has 0 saturated heterocycles. The van der Waals surface area contributed by atoms with E-state index in [1.54, 1.807) is 31.4 Å². The van der Waals surface area contributed by atoms with Crippen molar-refractivity contribution in [2.45, 2.75) is 32.9 Å². The second-order valence-electron chi connectivity index (χ2n) is 6.36. The zero-order valence-electron chi connectivity index (χ0n) is 14.4. The summed E-state index contributed by atoms with van der Waals surface area (Å²) in [6.07, 6.45) is 1.73. The highest BCUT2D eigenvalue weighted by Gasteiger charge is 2.11. The van der Waals surface area contributed by atoms with Crippen molar-refractivity contribution in [2.24, 2.45) is 4.99 Å². The number of benzene rings is 1. The Bertz CT molecular complexity index is 676. The summed E-state index contributed by atoms with van der Waals surface area (Å²) in [4.78, 5) is 8.45. The van der Waals surface area contributed by atoms with Crippen LogP contribution in [0.5, 0.6) is 11.6 Å². The van der Waals surface area contributed by atoms with E-state index in [2.05, 4.69) is 41.4 Å². The molecule has 0 radical (unpaired) electrons. The van der Waals surface area contributed by atoms with Crippen molar-refractivity contribution < 1.29 is 9.13 Å². The van der Waals surface area contributed by atoms with Crippen molar-refractivity contribution in [2.75, 3.05) is 7.05 Å². The molecule has 128 valence electrons. The Morgan fingerprint density at radius 3 is 2.42 bits per heavy atom. The van der Waals surface area contributed by atoms with Gasteiger partial charge in [-0.05, 0) is 50.6 Å². The molecule has 0 aliphatic carbocycles. The first-order valence-corrected chi connectivity index (χ1v) is 7.73. The molecule has 0 saturated carbocycles. The van der Waals surface area contributed by atoms with Crippen LogP contribution in [0, 0.1) is 5.82 Å². The topological polar surface area (TPSA) is 58.5 Å². The summed E-state index contributed by atoms with van der Waals surface area (Å²) in [5.74, 6) is 1.44. The maximum atomic E-state index is 12.9. The van der Waals surface area contributed by atoms with Gasteiger partial charge in [-0.1, -0.05) is 6.07 Å². The van der Waals surface area contributed by atoms with Crippen LogP contribution in [0.1, 0.15) is 26.3 Å². The molecule has 0 aliphatic rings. The van der Waals surface area contributed by atoms with Gasteiger partial charge in [0.15, 0.2) is 5.96 Å². The van der Waals surface area contributed by atoms with E-state index in [9.17, 15) is 4.39 Å². The molecular formula is C18H23FN4O. The number of aliphatic imine (C=N–C) groups is 1. The minimum absolute atomic E-state index is 0.0626. The number of hydrogen-bond acceptors (Lipinski definition) is 3. The Kier molecular flexibility index (Phi) is 5.73. The smallest absolute Gasteiger partial charge is 0.219 e. The van der Waals surface area contributed by atoms with E-state index in [0.717, 1.165) is 11.5 Å². The Morgan fingerprint density at radius 1 is 1.17 bits per heavy atom. The zero-order valence-corrected chi connectivity index (χ0v) is 14.4. The van der Waals surface area contributed by atoms with Gasteiger partial charge in [0.25, 0.3) is 0 Å². The monoisotopic (exact) mass is 330 g/mol. The van der Waals surface area contributed by atoms with E-state index >= 15 is 0 Å². The van der Waals surface area contributed by atoms with Crippen LogP contribution >= 0.6 is 0 Å². The lowest BCUT2D eigenvalue weighted by atomic mass is 10.1. The summed E-state index contributed by atoms with van der Waals surface area (Å²) < 4.78 is 18.4. The summed E-state index contributed by atoms with van der Waals surface area (Å²) in [5.41, 5.74) is 0.936. The van der Waals surface area contributed by atoms with Crippen molar-refractivity contribution in [3.8, 4) is 11.6 Å². The Balaban J connectivity index is 1.91. The molecule has 0 unspecified atom stereocenters. The number of hydrogen-bond donors (Lipinski definition) is 2. The average Bonchev–Trinajstić information content (AvgIpc) is 2.54. The van der Waals surface area contributed by atoms with E-state index in [-0.39, 0.29) is 11.4 Å². The quantitative estimate of drug-likeness (QED) is 0.666. The number of ether oxygens (including phenoxy) is 1. The molecule has 2 rings (SSSR count). The Hall–Kier alpha value is -2.63. The number of halogens is 1. The molecule has 0 atom stereocenters. The van der Waals surface area contributed by atoms with Crippen LogP contribution < -0.4 is 15.4 Å². The van der Waals surface area contributed by atoms with Crippen LogP contribution in [-0.2, 0) is 6.54 Å². The van der Waals surface area contributed by atoms with Crippen LogP contribution in [0.2, 0.25) is 0 Å². The lowest BCUT2D eigenvalue weighted by Gasteiger charge is -2.23. The van der Waals surface area contributed by atoms with Crippen molar-refractivity contribution in [3.05, 3.63) is 54.0 Å². The summed E-state index contributed by atoms with van der Waals surface area (Å²) >= 11 is 0. The van der Waals surface area contributed by atoms with Crippen LogP contribution in [0.4, 0.5) is 4.39 Å². The summed E-state index contributed by atoms with van der Waals surface area (Å²) in [6, 6.07) is 9.52. The van der Waals surface area contributed by atoms with Crippen molar-refractivity contribution in [1.82, 2.24) is 15.6 Å². The third-order valence-electron chi connectivity index (χ3n) is 3.01. The van der Waals surface area contributed by atoms with E-state index in [4.69, 9.17) is 4.74 Å². The summed E-state index contributed by atoms with van der Waals surface area (Å²) in [5, 5.41) is 6.52.